The number of rotatable bonds is 13. The summed E-state index contributed by atoms with van der Waals surface area (Å²) in [6.07, 6.45) is 0.457. The molecule has 3 amide bonds. The van der Waals surface area contributed by atoms with E-state index in [9.17, 15) is 22.8 Å². The molecule has 0 bridgehead atoms. The van der Waals surface area contributed by atoms with Gasteiger partial charge in [-0.3, -0.25) is 15.0 Å². The van der Waals surface area contributed by atoms with Gasteiger partial charge in [0.1, 0.15) is 11.5 Å². The van der Waals surface area contributed by atoms with Crippen LogP contribution in [0.25, 0.3) is 10.9 Å². The fourth-order valence-corrected chi connectivity index (χ4v) is 4.51. The quantitative estimate of drug-likeness (QED) is 0.0654. The van der Waals surface area contributed by atoms with Crippen molar-refractivity contribution in [2.75, 3.05) is 24.4 Å². The number of alkyl halides is 3. The van der Waals surface area contributed by atoms with Crippen molar-refractivity contribution in [3.63, 3.8) is 0 Å². The maximum absolute atomic E-state index is 12.9. The first-order valence-corrected chi connectivity index (χ1v) is 14.2. The highest BCUT2D eigenvalue weighted by Gasteiger charge is 2.31. The Kier molecular flexibility index (Phi) is 11.3. The molecule has 0 radical (unpaired) electrons. The van der Waals surface area contributed by atoms with Crippen LogP contribution in [0.3, 0.4) is 0 Å². The number of fused-ring (bicyclic) bond motifs is 1. The first-order valence-electron chi connectivity index (χ1n) is 13.8. The zero-order valence-electron chi connectivity index (χ0n) is 24.0. The van der Waals surface area contributed by atoms with E-state index in [0.717, 1.165) is 37.5 Å². The molecule has 45 heavy (non-hydrogen) atoms. The number of ether oxygens (including phenoxy) is 3. The van der Waals surface area contributed by atoms with Gasteiger partial charge < -0.3 is 24.8 Å². The number of halogens is 4. The van der Waals surface area contributed by atoms with Crippen LogP contribution in [0.2, 0.25) is 5.02 Å². The maximum atomic E-state index is 12.9. The Labute approximate surface area is 261 Å². The standard InChI is InChI=1S/C31H30ClF3N4O6/c1-43-27-17-22-25(18-28(27)44-15-5-3-2-4-6-29(40)39-42)36-14-13-26(22)45-21-10-8-20(9-11-21)37-30(41)38-24-12-7-19(16-23(24)32)31(33,34)35/h7-14,16-18,42H,2-6,15H2,1H3,(H,39,40)(H2,37,38,41). The third kappa shape index (κ3) is 9.37. The smallest absolute Gasteiger partial charge is 0.416 e. The Morgan fingerprint density at radius 1 is 0.911 bits per heavy atom. The molecule has 0 spiro atoms. The molecule has 0 atom stereocenters. The fourth-order valence-electron chi connectivity index (χ4n) is 4.28. The summed E-state index contributed by atoms with van der Waals surface area (Å²) in [5, 5.41) is 14.0. The highest BCUT2D eigenvalue weighted by atomic mass is 35.5. The molecule has 0 aliphatic heterocycles. The van der Waals surface area contributed by atoms with Crippen LogP contribution < -0.4 is 30.3 Å². The summed E-state index contributed by atoms with van der Waals surface area (Å²) in [4.78, 5) is 27.9. The monoisotopic (exact) mass is 646 g/mol. The van der Waals surface area contributed by atoms with Gasteiger partial charge in [0.05, 0.1) is 35.5 Å². The van der Waals surface area contributed by atoms with E-state index in [2.05, 4.69) is 15.6 Å². The minimum atomic E-state index is -4.55. The van der Waals surface area contributed by atoms with Gasteiger partial charge in [0, 0.05) is 29.8 Å². The molecule has 0 saturated heterocycles. The van der Waals surface area contributed by atoms with Crippen molar-refractivity contribution in [1.29, 1.82) is 0 Å². The van der Waals surface area contributed by atoms with Gasteiger partial charge in [-0.05, 0) is 67.4 Å². The normalized spacial score (nSPS) is 11.2. The number of methoxy groups -OCH3 is 1. The molecule has 0 aliphatic carbocycles. The summed E-state index contributed by atoms with van der Waals surface area (Å²) >= 11 is 5.91. The molecule has 4 aromatic rings. The Hall–Kier alpha value is -4.75. The van der Waals surface area contributed by atoms with Crippen LogP contribution in [0, 0.1) is 0 Å². The summed E-state index contributed by atoms with van der Waals surface area (Å²) in [6, 6.07) is 13.7. The predicted molar refractivity (Wildman–Crippen MR) is 162 cm³/mol. The second kappa shape index (κ2) is 15.3. The van der Waals surface area contributed by atoms with E-state index in [0.29, 0.717) is 52.6 Å². The van der Waals surface area contributed by atoms with Crippen molar-refractivity contribution in [2.24, 2.45) is 0 Å². The van der Waals surface area contributed by atoms with Crippen LogP contribution in [0.5, 0.6) is 23.0 Å². The molecule has 0 fully saturated rings. The molecule has 0 unspecified atom stereocenters. The van der Waals surface area contributed by atoms with Crippen molar-refractivity contribution >= 4 is 45.8 Å². The number of benzene rings is 3. The van der Waals surface area contributed by atoms with Crippen molar-refractivity contribution in [3.8, 4) is 23.0 Å². The number of nitrogens with zero attached hydrogens (tertiary/aromatic N) is 1. The topological polar surface area (TPSA) is 131 Å². The minimum absolute atomic E-state index is 0.0256. The van der Waals surface area contributed by atoms with Gasteiger partial charge in [0.25, 0.3) is 0 Å². The Morgan fingerprint density at radius 2 is 1.67 bits per heavy atom. The summed E-state index contributed by atoms with van der Waals surface area (Å²) in [7, 11) is 1.53. The highest BCUT2D eigenvalue weighted by Crippen LogP contribution is 2.38. The molecule has 14 heteroatoms. The van der Waals surface area contributed by atoms with E-state index in [1.165, 1.54) is 7.11 Å². The number of hydroxylamine groups is 1. The van der Waals surface area contributed by atoms with E-state index < -0.39 is 23.7 Å². The second-order valence-electron chi connectivity index (χ2n) is 9.77. The number of hydrogen-bond donors (Lipinski definition) is 4. The average Bonchev–Trinajstić information content (AvgIpc) is 3.01. The number of aromatic nitrogens is 1. The van der Waals surface area contributed by atoms with Crippen molar-refractivity contribution in [2.45, 2.75) is 38.3 Å². The Bertz CT molecular complexity index is 1640. The van der Waals surface area contributed by atoms with Crippen molar-refractivity contribution in [1.82, 2.24) is 10.5 Å². The lowest BCUT2D eigenvalue weighted by Crippen LogP contribution is -2.19. The van der Waals surface area contributed by atoms with Gasteiger partial charge in [-0.15, -0.1) is 0 Å². The molecule has 0 aliphatic rings. The number of pyridine rings is 1. The zero-order valence-corrected chi connectivity index (χ0v) is 24.8. The number of amides is 3. The van der Waals surface area contributed by atoms with Gasteiger partial charge in [-0.25, -0.2) is 10.3 Å². The largest absolute Gasteiger partial charge is 0.493 e. The van der Waals surface area contributed by atoms with E-state index in [1.807, 2.05) is 0 Å². The number of nitrogens with one attached hydrogen (secondary N) is 3. The van der Waals surface area contributed by atoms with Gasteiger partial charge in [0.2, 0.25) is 5.91 Å². The number of carbonyl (C=O) groups is 2. The first kappa shape index (κ1) is 33.1. The Balaban J connectivity index is 1.35. The summed E-state index contributed by atoms with van der Waals surface area (Å²) < 4.78 is 56.1. The van der Waals surface area contributed by atoms with Crippen molar-refractivity contribution < 1.29 is 42.2 Å². The first-order chi connectivity index (χ1) is 21.6. The maximum Gasteiger partial charge on any atom is 0.416 e. The predicted octanol–water partition coefficient (Wildman–Crippen LogP) is 8.19. The van der Waals surface area contributed by atoms with E-state index >= 15 is 0 Å². The van der Waals surface area contributed by atoms with Gasteiger partial charge >= 0.3 is 12.2 Å². The van der Waals surface area contributed by atoms with Crippen LogP contribution in [0.4, 0.5) is 29.3 Å². The highest BCUT2D eigenvalue weighted by molar-refractivity contribution is 6.33. The summed E-state index contributed by atoms with van der Waals surface area (Å²) in [6.45, 7) is 0.444. The lowest BCUT2D eigenvalue weighted by Gasteiger charge is -2.14. The number of hydrogen-bond acceptors (Lipinski definition) is 7. The molecular weight excluding hydrogens is 617 g/mol. The number of unbranched alkanes of at least 4 members (excludes halogenated alkanes) is 3. The van der Waals surface area contributed by atoms with Crippen LogP contribution in [0.1, 0.15) is 37.7 Å². The summed E-state index contributed by atoms with van der Waals surface area (Å²) in [5.41, 5.74) is 1.75. The zero-order chi connectivity index (χ0) is 32.4. The van der Waals surface area contributed by atoms with E-state index in [1.54, 1.807) is 54.1 Å². The lowest BCUT2D eigenvalue weighted by atomic mass is 10.1. The summed E-state index contributed by atoms with van der Waals surface area (Å²) in [5.74, 6) is 1.60. The van der Waals surface area contributed by atoms with Crippen molar-refractivity contribution in [3.05, 3.63) is 77.4 Å². The van der Waals surface area contributed by atoms with Gasteiger partial charge in [-0.2, -0.15) is 13.2 Å². The molecule has 1 heterocycles. The lowest BCUT2D eigenvalue weighted by molar-refractivity contribution is -0.137. The second-order valence-corrected chi connectivity index (χ2v) is 10.2. The SMILES string of the molecule is COc1cc2c(Oc3ccc(NC(=O)Nc4ccc(C(F)(F)F)cc4Cl)cc3)ccnc2cc1OCCCCCCC(=O)NO. The average molecular weight is 647 g/mol. The molecule has 4 rings (SSSR count). The third-order valence-corrected chi connectivity index (χ3v) is 6.86. The van der Waals surface area contributed by atoms with Crippen LogP contribution in [-0.2, 0) is 11.0 Å². The molecule has 1 aromatic heterocycles. The van der Waals surface area contributed by atoms with Gasteiger partial charge in [0.15, 0.2) is 11.5 Å². The molecule has 10 nitrogen and oxygen atoms in total. The molecule has 3 aromatic carbocycles. The van der Waals surface area contributed by atoms with Gasteiger partial charge in [-0.1, -0.05) is 24.4 Å². The molecule has 0 saturated carbocycles. The molecular formula is C31H30ClF3N4O6. The number of urea groups is 1. The third-order valence-electron chi connectivity index (χ3n) is 6.55. The van der Waals surface area contributed by atoms with E-state index in [4.69, 9.17) is 31.0 Å². The van der Waals surface area contributed by atoms with E-state index in [-0.39, 0.29) is 17.1 Å². The van der Waals surface area contributed by atoms with Crippen LogP contribution in [-0.4, -0.2) is 35.8 Å². The fraction of sp³-hybridized carbons (Fsp3) is 0.258. The minimum Gasteiger partial charge on any atom is -0.493 e. The molecule has 4 N–H and O–H groups in total. The number of carbonyl (C=O) groups excluding carboxylic acids is 2. The molecule has 238 valence electrons. The van der Waals surface area contributed by atoms with Crippen LogP contribution in [0.15, 0.2) is 66.9 Å². The van der Waals surface area contributed by atoms with Crippen LogP contribution >= 0.6 is 11.6 Å². The Morgan fingerprint density at radius 3 is 2.36 bits per heavy atom. The number of anilines is 2.